The molecule has 0 atom stereocenters. The topological polar surface area (TPSA) is 82.0 Å². The molecule has 152 valence electrons. The second-order valence-corrected chi connectivity index (χ2v) is 7.00. The maximum Gasteiger partial charge on any atom is 0.311 e. The van der Waals surface area contributed by atoms with Crippen molar-refractivity contribution in [3.63, 3.8) is 0 Å². The summed E-state index contributed by atoms with van der Waals surface area (Å²) in [6.45, 7) is 4.80. The van der Waals surface area contributed by atoms with Crippen molar-refractivity contribution >= 4 is 40.3 Å². The van der Waals surface area contributed by atoms with Crippen LogP contribution >= 0.6 is 22.9 Å². The van der Waals surface area contributed by atoms with Gasteiger partial charge >= 0.3 is 5.97 Å². The SMILES string of the molecule is CCCCOc1c(Cl)cc(C=NNc2nc(CC(=O)OCC)cs2)cc1OC. The highest BCUT2D eigenvalue weighted by Gasteiger charge is 2.12. The third-order valence-corrected chi connectivity index (χ3v) is 4.63. The molecule has 1 N–H and O–H groups in total. The summed E-state index contributed by atoms with van der Waals surface area (Å²) in [7, 11) is 1.57. The standard InChI is InChI=1S/C19H24ClN3O4S/c1-4-6-7-27-18-15(20)8-13(9-16(18)25-3)11-21-23-19-22-14(12-28-19)10-17(24)26-5-2/h8-9,11-12H,4-7,10H2,1-3H3,(H,22,23). The van der Waals surface area contributed by atoms with Gasteiger partial charge in [-0.3, -0.25) is 10.2 Å². The first kappa shape index (κ1) is 22.0. The fraction of sp³-hybridized carbons (Fsp3) is 0.421. The number of hydrogen-bond acceptors (Lipinski definition) is 8. The molecule has 1 aromatic heterocycles. The van der Waals surface area contributed by atoms with E-state index in [1.807, 2.05) is 0 Å². The van der Waals surface area contributed by atoms with Crippen LogP contribution in [0.5, 0.6) is 11.5 Å². The molecule has 0 saturated heterocycles. The average Bonchev–Trinajstić information content (AvgIpc) is 3.10. The summed E-state index contributed by atoms with van der Waals surface area (Å²) < 4.78 is 16.0. The van der Waals surface area contributed by atoms with Gasteiger partial charge < -0.3 is 14.2 Å². The Balaban J connectivity index is 1.99. The van der Waals surface area contributed by atoms with E-state index in [4.69, 9.17) is 25.8 Å². The number of carbonyl (C=O) groups excluding carboxylic acids is 1. The van der Waals surface area contributed by atoms with Crippen LogP contribution < -0.4 is 14.9 Å². The number of hydrazone groups is 1. The molecule has 0 bridgehead atoms. The van der Waals surface area contributed by atoms with Crippen LogP contribution in [-0.4, -0.2) is 37.5 Å². The lowest BCUT2D eigenvalue weighted by molar-refractivity contribution is -0.142. The van der Waals surface area contributed by atoms with Gasteiger partial charge in [0.05, 0.1) is 43.7 Å². The summed E-state index contributed by atoms with van der Waals surface area (Å²) in [5.74, 6) is 0.785. The molecule has 0 aliphatic carbocycles. The number of aromatic nitrogens is 1. The molecule has 0 fully saturated rings. The number of carbonyl (C=O) groups is 1. The Bertz CT molecular complexity index is 810. The summed E-state index contributed by atoms with van der Waals surface area (Å²) in [6.07, 6.45) is 3.73. The summed E-state index contributed by atoms with van der Waals surface area (Å²) >= 11 is 7.68. The van der Waals surface area contributed by atoms with Crippen LogP contribution in [0.1, 0.15) is 37.9 Å². The molecule has 0 spiro atoms. The minimum atomic E-state index is -0.300. The van der Waals surface area contributed by atoms with E-state index >= 15 is 0 Å². The third-order valence-electron chi connectivity index (χ3n) is 3.55. The summed E-state index contributed by atoms with van der Waals surface area (Å²) in [6, 6.07) is 3.55. The van der Waals surface area contributed by atoms with Crippen LogP contribution in [0.25, 0.3) is 0 Å². The molecule has 0 radical (unpaired) electrons. The van der Waals surface area contributed by atoms with E-state index in [1.54, 1.807) is 37.8 Å². The van der Waals surface area contributed by atoms with Crippen LogP contribution in [0.15, 0.2) is 22.6 Å². The number of hydrogen-bond donors (Lipinski definition) is 1. The smallest absolute Gasteiger partial charge is 0.311 e. The lowest BCUT2D eigenvalue weighted by Gasteiger charge is -2.12. The molecule has 0 aliphatic rings. The van der Waals surface area contributed by atoms with Crippen molar-refractivity contribution in [3.05, 3.63) is 33.8 Å². The fourth-order valence-corrected chi connectivity index (χ4v) is 3.17. The van der Waals surface area contributed by atoms with E-state index in [-0.39, 0.29) is 12.4 Å². The zero-order valence-electron chi connectivity index (χ0n) is 16.2. The lowest BCUT2D eigenvalue weighted by Crippen LogP contribution is -2.07. The average molecular weight is 426 g/mol. The number of nitrogens with one attached hydrogen (secondary N) is 1. The van der Waals surface area contributed by atoms with E-state index in [0.717, 1.165) is 18.4 Å². The van der Waals surface area contributed by atoms with E-state index < -0.39 is 0 Å². The van der Waals surface area contributed by atoms with E-state index in [9.17, 15) is 4.79 Å². The van der Waals surface area contributed by atoms with Gasteiger partial charge in [-0.1, -0.05) is 24.9 Å². The number of nitrogens with zero attached hydrogens (tertiary/aromatic N) is 2. The van der Waals surface area contributed by atoms with Crippen molar-refractivity contribution in [2.24, 2.45) is 5.10 Å². The number of thiazole rings is 1. The molecular weight excluding hydrogens is 402 g/mol. The molecule has 28 heavy (non-hydrogen) atoms. The van der Waals surface area contributed by atoms with Gasteiger partial charge in [0.1, 0.15) is 0 Å². The van der Waals surface area contributed by atoms with Crippen molar-refractivity contribution < 1.29 is 19.0 Å². The second kappa shape index (κ2) is 11.5. The summed E-state index contributed by atoms with van der Waals surface area (Å²) in [4.78, 5) is 15.8. The largest absolute Gasteiger partial charge is 0.493 e. The molecule has 9 heteroatoms. The zero-order valence-corrected chi connectivity index (χ0v) is 17.7. The van der Waals surface area contributed by atoms with Crippen molar-refractivity contribution in [1.29, 1.82) is 0 Å². The predicted molar refractivity (Wildman–Crippen MR) is 112 cm³/mol. The highest BCUT2D eigenvalue weighted by Crippen LogP contribution is 2.36. The molecule has 1 aromatic carbocycles. The first-order valence-electron chi connectivity index (χ1n) is 8.96. The van der Waals surface area contributed by atoms with Gasteiger partial charge in [-0.05, 0) is 31.0 Å². The first-order valence-corrected chi connectivity index (χ1v) is 10.2. The third kappa shape index (κ3) is 6.69. The number of rotatable bonds is 11. The van der Waals surface area contributed by atoms with Crippen LogP contribution in [0.3, 0.4) is 0 Å². The predicted octanol–water partition coefficient (Wildman–Crippen LogP) is 4.54. The molecular formula is C19H24ClN3O4S. The minimum Gasteiger partial charge on any atom is -0.493 e. The molecule has 0 unspecified atom stereocenters. The van der Waals surface area contributed by atoms with E-state index in [1.165, 1.54) is 11.3 Å². The van der Waals surface area contributed by atoms with E-state index in [2.05, 4.69) is 22.4 Å². The molecule has 0 saturated carbocycles. The lowest BCUT2D eigenvalue weighted by atomic mass is 10.2. The fourth-order valence-electron chi connectivity index (χ4n) is 2.23. The van der Waals surface area contributed by atoms with Crippen molar-refractivity contribution in [2.75, 3.05) is 25.7 Å². The van der Waals surface area contributed by atoms with Crippen LogP contribution in [0.2, 0.25) is 5.02 Å². The number of ether oxygens (including phenoxy) is 3. The van der Waals surface area contributed by atoms with Crippen LogP contribution in [-0.2, 0) is 16.0 Å². The second-order valence-electron chi connectivity index (χ2n) is 5.73. The molecule has 0 amide bonds. The Morgan fingerprint density at radius 2 is 2.21 bits per heavy atom. The van der Waals surface area contributed by atoms with Gasteiger partial charge in [0.15, 0.2) is 11.5 Å². The number of esters is 1. The zero-order chi connectivity index (χ0) is 20.4. The van der Waals surface area contributed by atoms with Crippen LogP contribution in [0, 0.1) is 0 Å². The number of methoxy groups -OCH3 is 1. The van der Waals surface area contributed by atoms with Crippen molar-refractivity contribution in [1.82, 2.24) is 4.98 Å². The summed E-state index contributed by atoms with van der Waals surface area (Å²) in [5, 5.41) is 6.99. The highest BCUT2D eigenvalue weighted by molar-refractivity contribution is 7.13. The Morgan fingerprint density at radius 1 is 1.39 bits per heavy atom. The Kier molecular flexibility index (Phi) is 9.03. The van der Waals surface area contributed by atoms with Gasteiger partial charge in [-0.25, -0.2) is 4.98 Å². The highest BCUT2D eigenvalue weighted by atomic mass is 35.5. The van der Waals surface area contributed by atoms with E-state index in [0.29, 0.717) is 40.6 Å². The molecule has 2 aromatic rings. The molecule has 1 heterocycles. The normalized spacial score (nSPS) is 10.9. The molecule has 0 aliphatic heterocycles. The number of anilines is 1. The quantitative estimate of drug-likeness (QED) is 0.246. The molecule has 7 nitrogen and oxygen atoms in total. The van der Waals surface area contributed by atoms with Crippen LogP contribution in [0.4, 0.5) is 5.13 Å². The maximum absolute atomic E-state index is 11.5. The van der Waals surface area contributed by atoms with Gasteiger partial charge in [0.25, 0.3) is 0 Å². The van der Waals surface area contributed by atoms with Gasteiger partial charge in [-0.15, -0.1) is 11.3 Å². The van der Waals surface area contributed by atoms with Gasteiger partial charge in [0, 0.05) is 5.38 Å². The Labute approximate surface area is 173 Å². The van der Waals surface area contributed by atoms with Crippen molar-refractivity contribution in [2.45, 2.75) is 33.1 Å². The minimum absolute atomic E-state index is 0.141. The number of halogens is 1. The monoisotopic (exact) mass is 425 g/mol. The summed E-state index contributed by atoms with van der Waals surface area (Å²) in [5.41, 5.74) is 4.23. The number of unbranched alkanes of at least 4 members (excludes halogenated alkanes) is 1. The molecule has 2 rings (SSSR count). The van der Waals surface area contributed by atoms with Gasteiger partial charge in [-0.2, -0.15) is 5.10 Å². The maximum atomic E-state index is 11.5. The van der Waals surface area contributed by atoms with Gasteiger partial charge in [0.2, 0.25) is 5.13 Å². The Morgan fingerprint density at radius 3 is 2.93 bits per heavy atom. The number of benzene rings is 1. The first-order chi connectivity index (χ1) is 13.6. The Hall–Kier alpha value is -2.32. The van der Waals surface area contributed by atoms with Crippen molar-refractivity contribution in [3.8, 4) is 11.5 Å².